The Morgan fingerprint density at radius 1 is 1.20 bits per heavy atom. The van der Waals surface area contributed by atoms with E-state index in [0.717, 1.165) is 11.1 Å². The zero-order chi connectivity index (χ0) is 14.1. The summed E-state index contributed by atoms with van der Waals surface area (Å²) in [5.41, 5.74) is 2.75. The maximum atomic E-state index is 11.0. The van der Waals surface area contributed by atoms with E-state index in [1.165, 1.54) is 0 Å². The van der Waals surface area contributed by atoms with Gasteiger partial charge in [0.1, 0.15) is 5.75 Å². The summed E-state index contributed by atoms with van der Waals surface area (Å²) in [6.45, 7) is 0.530. The number of carboxylic acid groups (broad SMARTS) is 1. The number of aromatic hydroxyl groups is 1. The number of phenols is 1. The van der Waals surface area contributed by atoms with Crippen molar-refractivity contribution in [2.75, 3.05) is 0 Å². The number of aromatic nitrogens is 2. The Bertz CT molecular complexity index is 793. The summed E-state index contributed by atoms with van der Waals surface area (Å²) in [6.07, 6.45) is 1.68. The van der Waals surface area contributed by atoms with Crippen LogP contribution in [-0.4, -0.2) is 25.7 Å². The largest absolute Gasteiger partial charge is 0.508 e. The van der Waals surface area contributed by atoms with Crippen molar-refractivity contribution >= 4 is 17.0 Å². The van der Waals surface area contributed by atoms with E-state index in [2.05, 4.69) is 4.98 Å². The lowest BCUT2D eigenvalue weighted by atomic mass is 10.1. The van der Waals surface area contributed by atoms with Crippen LogP contribution in [0.1, 0.15) is 15.9 Å². The number of hydrogen-bond donors (Lipinski definition) is 2. The average molecular weight is 268 g/mol. The zero-order valence-corrected chi connectivity index (χ0v) is 10.5. The highest BCUT2D eigenvalue weighted by molar-refractivity contribution is 5.87. The SMILES string of the molecule is O=C(O)c1cccc(Cn2cnc3cc(O)ccc32)c1. The molecule has 0 bridgehead atoms. The summed E-state index contributed by atoms with van der Waals surface area (Å²) >= 11 is 0. The smallest absolute Gasteiger partial charge is 0.335 e. The third-order valence-electron chi connectivity index (χ3n) is 3.13. The second-order valence-electron chi connectivity index (χ2n) is 4.55. The van der Waals surface area contributed by atoms with Gasteiger partial charge in [0.05, 0.1) is 22.9 Å². The molecule has 5 nitrogen and oxygen atoms in total. The average Bonchev–Trinajstić information content (AvgIpc) is 2.81. The lowest BCUT2D eigenvalue weighted by Gasteiger charge is -2.05. The number of carboxylic acids is 1. The number of phenolic OH excluding ortho intramolecular Hbond substituents is 1. The van der Waals surface area contributed by atoms with Crippen LogP contribution in [0.15, 0.2) is 48.8 Å². The quantitative estimate of drug-likeness (QED) is 0.765. The van der Waals surface area contributed by atoms with Crippen molar-refractivity contribution in [2.24, 2.45) is 0 Å². The molecule has 0 aliphatic rings. The molecule has 20 heavy (non-hydrogen) atoms. The van der Waals surface area contributed by atoms with E-state index in [4.69, 9.17) is 5.11 Å². The van der Waals surface area contributed by atoms with Gasteiger partial charge in [0.2, 0.25) is 0 Å². The van der Waals surface area contributed by atoms with Crippen molar-refractivity contribution in [3.63, 3.8) is 0 Å². The Morgan fingerprint density at radius 2 is 2.05 bits per heavy atom. The fourth-order valence-electron chi connectivity index (χ4n) is 2.18. The van der Waals surface area contributed by atoms with Crippen LogP contribution in [-0.2, 0) is 6.54 Å². The minimum absolute atomic E-state index is 0.177. The number of carbonyl (C=O) groups is 1. The molecule has 1 aromatic heterocycles. The van der Waals surface area contributed by atoms with E-state index in [1.54, 1.807) is 42.7 Å². The van der Waals surface area contributed by atoms with Crippen LogP contribution in [0.25, 0.3) is 11.0 Å². The molecule has 2 N–H and O–H groups in total. The lowest BCUT2D eigenvalue weighted by molar-refractivity contribution is 0.0696. The molecule has 3 aromatic rings. The van der Waals surface area contributed by atoms with Gasteiger partial charge in [-0.1, -0.05) is 12.1 Å². The van der Waals surface area contributed by atoms with E-state index < -0.39 is 5.97 Å². The highest BCUT2D eigenvalue weighted by Gasteiger charge is 2.06. The fraction of sp³-hybridized carbons (Fsp3) is 0.0667. The molecule has 0 spiro atoms. The van der Waals surface area contributed by atoms with Gasteiger partial charge in [-0.3, -0.25) is 0 Å². The minimum Gasteiger partial charge on any atom is -0.508 e. The molecule has 0 radical (unpaired) electrons. The molecule has 100 valence electrons. The summed E-state index contributed by atoms with van der Waals surface area (Å²) < 4.78 is 1.91. The molecule has 3 rings (SSSR count). The Labute approximate surface area is 114 Å². The zero-order valence-electron chi connectivity index (χ0n) is 10.5. The van der Waals surface area contributed by atoms with Crippen molar-refractivity contribution in [3.8, 4) is 5.75 Å². The number of aromatic carboxylic acids is 1. The normalized spacial score (nSPS) is 10.8. The molecule has 0 unspecified atom stereocenters. The van der Waals surface area contributed by atoms with Gasteiger partial charge in [0.15, 0.2) is 0 Å². The molecule has 0 aliphatic heterocycles. The highest BCUT2D eigenvalue weighted by Crippen LogP contribution is 2.19. The Hall–Kier alpha value is -2.82. The van der Waals surface area contributed by atoms with Gasteiger partial charge < -0.3 is 14.8 Å². The summed E-state index contributed by atoms with van der Waals surface area (Å²) in [5.74, 6) is -0.761. The first kappa shape index (κ1) is 12.2. The molecule has 5 heteroatoms. The van der Waals surface area contributed by atoms with Crippen molar-refractivity contribution < 1.29 is 15.0 Å². The summed E-state index contributed by atoms with van der Waals surface area (Å²) in [6, 6.07) is 11.8. The minimum atomic E-state index is -0.938. The van der Waals surface area contributed by atoms with Crippen molar-refractivity contribution in [2.45, 2.75) is 6.54 Å². The number of nitrogens with zero attached hydrogens (tertiary/aromatic N) is 2. The van der Waals surface area contributed by atoms with Gasteiger partial charge >= 0.3 is 5.97 Å². The maximum Gasteiger partial charge on any atom is 0.335 e. The van der Waals surface area contributed by atoms with Crippen LogP contribution in [0.3, 0.4) is 0 Å². The third kappa shape index (κ3) is 2.21. The molecule has 0 fully saturated rings. The number of benzene rings is 2. The Kier molecular flexibility index (Phi) is 2.87. The maximum absolute atomic E-state index is 11.0. The predicted octanol–water partition coefficient (Wildman–Crippen LogP) is 2.49. The molecule has 1 heterocycles. The third-order valence-corrected chi connectivity index (χ3v) is 3.13. The van der Waals surface area contributed by atoms with Gasteiger partial charge in [-0.2, -0.15) is 0 Å². The Morgan fingerprint density at radius 3 is 2.85 bits per heavy atom. The first-order chi connectivity index (χ1) is 9.63. The fourth-order valence-corrected chi connectivity index (χ4v) is 2.18. The molecule has 0 atom stereocenters. The van der Waals surface area contributed by atoms with E-state index in [1.807, 2.05) is 10.6 Å². The number of fused-ring (bicyclic) bond motifs is 1. The van der Waals surface area contributed by atoms with Gasteiger partial charge in [0, 0.05) is 12.6 Å². The summed E-state index contributed by atoms with van der Waals surface area (Å²) in [5, 5.41) is 18.4. The topological polar surface area (TPSA) is 75.3 Å². The van der Waals surface area contributed by atoms with Crippen LogP contribution < -0.4 is 0 Å². The molecule has 0 amide bonds. The lowest BCUT2D eigenvalue weighted by Crippen LogP contribution is -2.01. The molecule has 0 saturated carbocycles. The van der Waals surface area contributed by atoms with Crippen LogP contribution in [0.2, 0.25) is 0 Å². The summed E-state index contributed by atoms with van der Waals surface area (Å²) in [7, 11) is 0. The Balaban J connectivity index is 1.97. The van der Waals surface area contributed by atoms with Crippen LogP contribution in [0.5, 0.6) is 5.75 Å². The number of imidazole rings is 1. The second-order valence-corrected chi connectivity index (χ2v) is 4.55. The van der Waals surface area contributed by atoms with Crippen LogP contribution in [0.4, 0.5) is 0 Å². The van der Waals surface area contributed by atoms with Crippen LogP contribution in [0, 0.1) is 0 Å². The highest BCUT2D eigenvalue weighted by atomic mass is 16.4. The van der Waals surface area contributed by atoms with E-state index in [-0.39, 0.29) is 11.3 Å². The van der Waals surface area contributed by atoms with Gasteiger partial charge in [-0.05, 0) is 29.8 Å². The monoisotopic (exact) mass is 268 g/mol. The molecule has 2 aromatic carbocycles. The summed E-state index contributed by atoms with van der Waals surface area (Å²) in [4.78, 5) is 15.2. The molecule has 0 aliphatic carbocycles. The van der Waals surface area contributed by atoms with Gasteiger partial charge in [0.25, 0.3) is 0 Å². The predicted molar refractivity (Wildman–Crippen MR) is 73.9 cm³/mol. The van der Waals surface area contributed by atoms with E-state index in [0.29, 0.717) is 12.1 Å². The van der Waals surface area contributed by atoms with E-state index in [9.17, 15) is 9.90 Å². The molecular weight excluding hydrogens is 256 g/mol. The first-order valence-electron chi connectivity index (χ1n) is 6.09. The van der Waals surface area contributed by atoms with Gasteiger partial charge in [-0.15, -0.1) is 0 Å². The van der Waals surface area contributed by atoms with Crippen LogP contribution >= 0.6 is 0 Å². The van der Waals surface area contributed by atoms with E-state index >= 15 is 0 Å². The van der Waals surface area contributed by atoms with Gasteiger partial charge in [-0.25, -0.2) is 9.78 Å². The molecular formula is C15H12N2O3. The molecule has 0 saturated heterocycles. The standard InChI is InChI=1S/C15H12N2O3/c18-12-4-5-14-13(7-12)16-9-17(14)8-10-2-1-3-11(6-10)15(19)20/h1-7,9,18H,8H2,(H,19,20). The number of rotatable bonds is 3. The number of hydrogen-bond acceptors (Lipinski definition) is 3. The van der Waals surface area contributed by atoms with Crippen molar-refractivity contribution in [1.29, 1.82) is 0 Å². The first-order valence-corrected chi connectivity index (χ1v) is 6.09. The van der Waals surface area contributed by atoms with Crippen molar-refractivity contribution in [1.82, 2.24) is 9.55 Å². The van der Waals surface area contributed by atoms with Crippen molar-refractivity contribution in [3.05, 3.63) is 59.9 Å². The second kappa shape index (κ2) is 4.70.